The van der Waals surface area contributed by atoms with Crippen molar-refractivity contribution in [3.8, 4) is 0 Å². The minimum Gasteiger partial charge on any atom is -0.264 e. The maximum absolute atomic E-state index is 8.74. The van der Waals surface area contributed by atoms with Crippen molar-refractivity contribution in [3.05, 3.63) is 0 Å². The van der Waals surface area contributed by atoms with Crippen LogP contribution in [-0.2, 0) is 10.4 Å². The van der Waals surface area contributed by atoms with Crippen LogP contribution in [0.2, 0.25) is 0 Å². The van der Waals surface area contributed by atoms with E-state index in [4.69, 9.17) is 17.5 Å². The van der Waals surface area contributed by atoms with E-state index in [1.54, 1.807) is 0 Å². The molecule has 0 spiro atoms. The Balaban J connectivity index is 0. The number of rotatable bonds is 0. The summed E-state index contributed by atoms with van der Waals surface area (Å²) in [6.45, 7) is 0. The predicted octanol–water partition coefficient (Wildman–Crippen LogP) is -1.03. The van der Waals surface area contributed by atoms with Crippen LogP contribution in [0.15, 0.2) is 0 Å². The lowest BCUT2D eigenvalue weighted by atomic mass is 15.8. The molecule has 0 atom stereocenters. The highest BCUT2D eigenvalue weighted by molar-refractivity contribution is 7.79. The maximum atomic E-state index is 8.74. The van der Waals surface area contributed by atoms with E-state index in [-0.39, 0.29) is 17.4 Å². The monoisotopic (exact) mass is 125 g/mol. The smallest absolute Gasteiger partial charge is 0.264 e. The van der Waals surface area contributed by atoms with Gasteiger partial charge >= 0.3 is 10.4 Å². The van der Waals surface area contributed by atoms with Gasteiger partial charge in [0.25, 0.3) is 0 Å². The van der Waals surface area contributed by atoms with E-state index < -0.39 is 10.4 Å². The van der Waals surface area contributed by atoms with Gasteiger partial charge in [0.2, 0.25) is 0 Å². The Hall–Kier alpha value is 0.402. The van der Waals surface area contributed by atoms with Gasteiger partial charge in [-0.3, -0.25) is 9.11 Å². The standard InChI is InChI=1S/Al.H2O4S/c;1-5(2,3)4/h;(H2,1,2,3,4). The molecule has 0 aromatic heterocycles. The van der Waals surface area contributed by atoms with Crippen LogP contribution < -0.4 is 0 Å². The average Bonchev–Trinajstić information content (AvgIpc) is 0.722. The highest BCUT2D eigenvalue weighted by atomic mass is 32.3. The fraction of sp³-hybridized carbons (Fsp3) is 0. The summed E-state index contributed by atoms with van der Waals surface area (Å²) in [6.07, 6.45) is 0. The van der Waals surface area contributed by atoms with Crippen LogP contribution in [0.1, 0.15) is 0 Å². The largest absolute Gasteiger partial charge is 0.394 e. The molecule has 0 aromatic carbocycles. The van der Waals surface area contributed by atoms with Crippen molar-refractivity contribution in [2.45, 2.75) is 0 Å². The van der Waals surface area contributed by atoms with Gasteiger partial charge in [-0.25, -0.2) is 0 Å². The summed E-state index contributed by atoms with van der Waals surface area (Å²) in [5.41, 5.74) is 0. The molecule has 0 unspecified atom stereocenters. The van der Waals surface area contributed by atoms with Crippen molar-refractivity contribution < 1.29 is 17.5 Å². The molecule has 6 heavy (non-hydrogen) atoms. The van der Waals surface area contributed by atoms with Gasteiger partial charge in [0.05, 0.1) is 0 Å². The Morgan fingerprint density at radius 3 is 1.17 bits per heavy atom. The Bertz CT molecular complexity index is 90.7. The predicted molar refractivity (Wildman–Crippen MR) is 19.9 cm³/mol. The molecule has 35 valence electrons. The van der Waals surface area contributed by atoms with Gasteiger partial charge in [0, 0.05) is 17.4 Å². The fourth-order valence-electron chi connectivity index (χ4n) is 0. The van der Waals surface area contributed by atoms with Crippen LogP contribution in [0.5, 0.6) is 0 Å². The first-order valence-corrected chi connectivity index (χ1v) is 2.10. The van der Waals surface area contributed by atoms with Crippen molar-refractivity contribution in [2.75, 3.05) is 0 Å². The molecule has 0 aliphatic carbocycles. The van der Waals surface area contributed by atoms with E-state index in [9.17, 15) is 0 Å². The van der Waals surface area contributed by atoms with Crippen molar-refractivity contribution >= 4 is 27.8 Å². The summed E-state index contributed by atoms with van der Waals surface area (Å²) in [7, 11) is -4.67. The second kappa shape index (κ2) is 2.55. The molecule has 0 saturated carbocycles. The van der Waals surface area contributed by atoms with Gasteiger partial charge in [0.1, 0.15) is 0 Å². The fourth-order valence-corrected chi connectivity index (χ4v) is 0. The molecule has 0 fully saturated rings. The van der Waals surface area contributed by atoms with Crippen molar-refractivity contribution in [1.82, 2.24) is 0 Å². The first kappa shape index (κ1) is 9.64. The minimum absolute atomic E-state index is 0. The van der Waals surface area contributed by atoms with Crippen LogP contribution in [0, 0.1) is 0 Å². The third-order valence-corrected chi connectivity index (χ3v) is 0. The zero-order valence-corrected chi connectivity index (χ0v) is 4.67. The molecule has 0 aromatic rings. The van der Waals surface area contributed by atoms with E-state index in [0.29, 0.717) is 0 Å². The average molecular weight is 125 g/mol. The first-order chi connectivity index (χ1) is 2.00. The quantitative estimate of drug-likeness (QED) is 0.320. The highest BCUT2D eigenvalue weighted by Gasteiger charge is 1.84. The second-order valence-electron chi connectivity index (χ2n) is 0.448. The van der Waals surface area contributed by atoms with Crippen LogP contribution in [0.3, 0.4) is 0 Å². The Morgan fingerprint density at radius 1 is 1.17 bits per heavy atom. The van der Waals surface area contributed by atoms with E-state index >= 15 is 0 Å². The molecular weight excluding hydrogens is 123 g/mol. The summed E-state index contributed by atoms with van der Waals surface area (Å²) in [5, 5.41) is 0. The molecule has 0 amide bonds. The van der Waals surface area contributed by atoms with E-state index in [1.165, 1.54) is 0 Å². The minimum atomic E-state index is -4.67. The van der Waals surface area contributed by atoms with Crippen LogP contribution in [-0.4, -0.2) is 34.9 Å². The molecule has 0 bridgehead atoms. The second-order valence-corrected chi connectivity index (χ2v) is 1.34. The summed E-state index contributed by atoms with van der Waals surface area (Å²) in [6, 6.07) is 0. The van der Waals surface area contributed by atoms with Crippen molar-refractivity contribution in [3.63, 3.8) is 0 Å². The van der Waals surface area contributed by atoms with Gasteiger partial charge < -0.3 is 0 Å². The molecule has 0 saturated heterocycles. The molecular formula is H2AlO4S. The van der Waals surface area contributed by atoms with Crippen molar-refractivity contribution in [1.29, 1.82) is 0 Å². The molecule has 0 aliphatic heterocycles. The molecule has 6 heteroatoms. The zero-order chi connectivity index (χ0) is 4.50. The lowest BCUT2D eigenvalue weighted by Gasteiger charge is -1.68. The summed E-state index contributed by atoms with van der Waals surface area (Å²) >= 11 is 0. The number of hydrogen-bond donors (Lipinski definition) is 2. The van der Waals surface area contributed by atoms with Crippen molar-refractivity contribution in [2.24, 2.45) is 0 Å². The van der Waals surface area contributed by atoms with Crippen LogP contribution in [0.25, 0.3) is 0 Å². The van der Waals surface area contributed by atoms with Gasteiger partial charge in [0.15, 0.2) is 0 Å². The lowest BCUT2D eigenvalue weighted by molar-refractivity contribution is 0.381. The van der Waals surface area contributed by atoms with Gasteiger partial charge in [-0.05, 0) is 0 Å². The summed E-state index contributed by atoms with van der Waals surface area (Å²) in [4.78, 5) is 0. The third kappa shape index (κ3) is 315. The SMILES string of the molecule is O=S(=O)(O)O.[Al]. The zero-order valence-electron chi connectivity index (χ0n) is 2.70. The summed E-state index contributed by atoms with van der Waals surface area (Å²) in [5.74, 6) is 0. The first-order valence-electron chi connectivity index (χ1n) is 0.698. The number of hydrogen-bond acceptors (Lipinski definition) is 2. The lowest BCUT2D eigenvalue weighted by Crippen LogP contribution is -1.89. The summed E-state index contributed by atoms with van der Waals surface area (Å²) < 4.78 is 31.6. The topological polar surface area (TPSA) is 74.6 Å². The van der Waals surface area contributed by atoms with E-state index in [0.717, 1.165) is 0 Å². The molecule has 0 aliphatic rings. The molecule has 4 nitrogen and oxygen atoms in total. The van der Waals surface area contributed by atoms with Gasteiger partial charge in [-0.1, -0.05) is 0 Å². The third-order valence-electron chi connectivity index (χ3n) is 0. The maximum Gasteiger partial charge on any atom is 0.394 e. The molecule has 0 rings (SSSR count). The van der Waals surface area contributed by atoms with Gasteiger partial charge in [-0.15, -0.1) is 0 Å². The highest BCUT2D eigenvalue weighted by Crippen LogP contribution is 1.59. The molecule has 0 heterocycles. The normalized spacial score (nSPS) is 9.67. The Kier molecular flexibility index (Phi) is 4.10. The Labute approximate surface area is 45.9 Å². The Morgan fingerprint density at radius 2 is 1.17 bits per heavy atom. The van der Waals surface area contributed by atoms with Gasteiger partial charge in [-0.2, -0.15) is 8.42 Å². The van der Waals surface area contributed by atoms with Crippen LogP contribution >= 0.6 is 0 Å². The van der Waals surface area contributed by atoms with Crippen LogP contribution in [0.4, 0.5) is 0 Å². The molecule has 3 radical (unpaired) electrons. The van der Waals surface area contributed by atoms with E-state index in [2.05, 4.69) is 0 Å². The molecule has 2 N–H and O–H groups in total. The van der Waals surface area contributed by atoms with E-state index in [1.807, 2.05) is 0 Å².